The number of morpholine rings is 1. The van der Waals surface area contributed by atoms with E-state index in [2.05, 4.69) is 17.0 Å². The Hall–Kier alpha value is -3.13. The third-order valence-corrected chi connectivity index (χ3v) is 16.2. The highest BCUT2D eigenvalue weighted by Gasteiger charge is 2.53. The Labute approximate surface area is 456 Å². The van der Waals surface area contributed by atoms with Crippen LogP contribution in [-0.4, -0.2) is 215 Å². The molecule has 0 bridgehead atoms. The number of nitrogens with zero attached hydrogens (tertiary/aromatic N) is 3. The second-order valence-electron chi connectivity index (χ2n) is 23.2. The van der Waals surface area contributed by atoms with Gasteiger partial charge in [0, 0.05) is 76.9 Å². The first-order valence-corrected chi connectivity index (χ1v) is 27.9. The lowest BCUT2D eigenvalue weighted by Gasteiger charge is -2.45. The molecule has 5 aliphatic heterocycles. The van der Waals surface area contributed by atoms with Crippen LogP contribution in [0.2, 0.25) is 0 Å². The standard InChI is InChI=1S/C55H95N3O19/c1-28(2)22-40(59)73-46-35(9)45(30(4)27-69-53-49(66-16)48(65-15)42(60)38(12)72-53)75-51(63)37(11)47(74-41-23-31(5)57(14)26-33(7)70-41)34(8)44(76-52-43(61)39(56-67-17)24-32(6)71-52)29(3)25-55(13,50(62)36(46)10)77-54(64)58-18-20-68-21-19-58/h28-38,41-49,52-53,60-61H,18-27H2,1-17H3/b56-39+/t29-,30-,31?,32+,33-,34+,35-,36+,37+,38?,41-,42+,43+,44-,45+,46+,47-,48+,49+,52-,53+,55-/m0/s1. The van der Waals surface area contributed by atoms with E-state index >= 15 is 9.59 Å². The van der Waals surface area contributed by atoms with Crippen LogP contribution >= 0.6 is 0 Å². The molecule has 444 valence electrons. The van der Waals surface area contributed by atoms with Gasteiger partial charge in [0.1, 0.15) is 43.7 Å². The first-order chi connectivity index (χ1) is 36.2. The van der Waals surface area contributed by atoms with E-state index in [0.717, 1.165) is 0 Å². The first-order valence-electron chi connectivity index (χ1n) is 27.9. The Morgan fingerprint density at radius 3 is 2.09 bits per heavy atom. The number of aliphatic hydroxyl groups excluding tert-OH is 2. The molecule has 5 rings (SSSR count). The third-order valence-electron chi connectivity index (χ3n) is 16.2. The minimum Gasteiger partial charge on any atom is -0.461 e. The van der Waals surface area contributed by atoms with Crippen molar-refractivity contribution >= 4 is 29.5 Å². The molecule has 5 fully saturated rings. The number of methoxy groups -OCH3 is 2. The third kappa shape index (κ3) is 16.5. The van der Waals surface area contributed by atoms with Gasteiger partial charge in [0.2, 0.25) is 0 Å². The number of oxime groups is 1. The van der Waals surface area contributed by atoms with Crippen molar-refractivity contribution < 1.29 is 91.1 Å². The number of hydrogen-bond acceptors (Lipinski definition) is 21. The zero-order valence-electron chi connectivity index (χ0n) is 48.9. The van der Waals surface area contributed by atoms with Crippen molar-refractivity contribution in [3.05, 3.63) is 0 Å². The van der Waals surface area contributed by atoms with Gasteiger partial charge < -0.3 is 81.7 Å². The van der Waals surface area contributed by atoms with Crippen molar-refractivity contribution in [2.45, 2.75) is 213 Å². The van der Waals surface area contributed by atoms with E-state index in [-0.39, 0.29) is 70.2 Å². The Balaban J connectivity index is 1.70. The predicted molar refractivity (Wildman–Crippen MR) is 279 cm³/mol. The second kappa shape index (κ2) is 29.0. The summed E-state index contributed by atoms with van der Waals surface area (Å²) in [6, 6.07) is 0.0188. The van der Waals surface area contributed by atoms with Crippen LogP contribution < -0.4 is 0 Å². The lowest BCUT2D eigenvalue weighted by molar-refractivity contribution is -0.305. The van der Waals surface area contributed by atoms with Crippen molar-refractivity contribution in [2.75, 3.05) is 67.8 Å². The quantitative estimate of drug-likeness (QED) is 0.128. The molecule has 2 unspecified atom stereocenters. The van der Waals surface area contributed by atoms with Gasteiger partial charge in [-0.2, -0.15) is 0 Å². The average molecular weight is 1100 g/mol. The van der Waals surface area contributed by atoms with Gasteiger partial charge in [0.05, 0.1) is 67.9 Å². The second-order valence-corrected chi connectivity index (χ2v) is 23.2. The van der Waals surface area contributed by atoms with Gasteiger partial charge in [0.15, 0.2) is 30.3 Å². The monoisotopic (exact) mass is 1100 g/mol. The maximum absolute atomic E-state index is 15.8. The predicted octanol–water partition coefficient (Wildman–Crippen LogP) is 4.75. The van der Waals surface area contributed by atoms with Crippen LogP contribution in [0.15, 0.2) is 5.16 Å². The van der Waals surface area contributed by atoms with E-state index in [4.69, 9.17) is 61.7 Å². The molecule has 22 heteroatoms. The molecule has 2 N–H and O–H groups in total. The van der Waals surface area contributed by atoms with Crippen molar-refractivity contribution in [3.8, 4) is 0 Å². The van der Waals surface area contributed by atoms with E-state index in [1.165, 1.54) is 26.2 Å². The summed E-state index contributed by atoms with van der Waals surface area (Å²) in [6.07, 6.45) is -13.2. The number of hydrogen-bond donors (Lipinski definition) is 2. The number of amides is 1. The molecule has 22 atom stereocenters. The van der Waals surface area contributed by atoms with Crippen LogP contribution in [0.25, 0.3) is 0 Å². The van der Waals surface area contributed by atoms with Gasteiger partial charge >= 0.3 is 18.0 Å². The topological polar surface area (TPSA) is 248 Å². The Kier molecular flexibility index (Phi) is 24.4. The maximum Gasteiger partial charge on any atom is 0.410 e. The van der Waals surface area contributed by atoms with Gasteiger partial charge in [-0.05, 0) is 66.8 Å². The fourth-order valence-electron chi connectivity index (χ4n) is 11.8. The SMILES string of the molecule is CO/N=C1\C[C@@H](C)O[C@@H](O[C@@H]2[C@@H](C)[C@H](O[C@H]3CC(C)N(C)C[C@H](C)O3)[C@@H](C)C(=O)O[C@H]([C@@H](C)CO[C@@H]3OC(C)[C@@H](O)[C@@H](OC)[C@H]3OC)[C@H](C)[C@@H](OC(=O)CC(C)C)[C@@H](C)C(=O)[C@@](C)(OC(=O)N3CCOCC3)C[C@@H]2C)[C@@H]1O. The first kappa shape index (κ1) is 64.7. The highest BCUT2D eigenvalue weighted by molar-refractivity contribution is 5.91. The van der Waals surface area contributed by atoms with Crippen LogP contribution in [0, 0.1) is 41.4 Å². The van der Waals surface area contributed by atoms with Gasteiger partial charge in [-0.25, -0.2) is 4.79 Å². The number of cyclic esters (lactones) is 1. The molecule has 0 aromatic heterocycles. The molecular weight excluding hydrogens is 1010 g/mol. The number of Topliss-reactive ketones (excluding diaryl/α,β-unsaturated/α-hetero) is 1. The zero-order valence-corrected chi connectivity index (χ0v) is 48.9. The largest absolute Gasteiger partial charge is 0.461 e. The number of carbonyl (C=O) groups excluding carboxylic acids is 4. The van der Waals surface area contributed by atoms with Gasteiger partial charge in [0.25, 0.3) is 0 Å². The smallest absolute Gasteiger partial charge is 0.410 e. The summed E-state index contributed by atoms with van der Waals surface area (Å²) in [5, 5.41) is 26.8. The molecule has 0 aliphatic carbocycles. The van der Waals surface area contributed by atoms with Gasteiger partial charge in [-0.1, -0.05) is 53.6 Å². The van der Waals surface area contributed by atoms with E-state index in [1.807, 2.05) is 55.5 Å². The Bertz CT molecular complexity index is 1930. The lowest BCUT2D eigenvalue weighted by atomic mass is 9.74. The van der Waals surface area contributed by atoms with Crippen LogP contribution in [0.3, 0.4) is 0 Å². The number of esters is 2. The summed E-state index contributed by atoms with van der Waals surface area (Å²) in [6.45, 7) is 25.0. The van der Waals surface area contributed by atoms with Gasteiger partial charge in [-0.3, -0.25) is 14.4 Å². The summed E-state index contributed by atoms with van der Waals surface area (Å²) in [4.78, 5) is 68.3. The summed E-state index contributed by atoms with van der Waals surface area (Å²) in [7, 11) is 6.31. The zero-order chi connectivity index (χ0) is 57.2. The molecule has 0 saturated carbocycles. The maximum atomic E-state index is 15.8. The Morgan fingerprint density at radius 2 is 1.47 bits per heavy atom. The molecule has 5 aliphatic rings. The molecule has 0 aromatic carbocycles. The van der Waals surface area contributed by atoms with Crippen LogP contribution in [0.4, 0.5) is 4.79 Å². The van der Waals surface area contributed by atoms with Crippen LogP contribution in [0.5, 0.6) is 0 Å². The van der Waals surface area contributed by atoms with Crippen molar-refractivity contribution in [3.63, 3.8) is 0 Å². The number of aliphatic hydroxyl groups is 2. The minimum atomic E-state index is -1.92. The summed E-state index contributed by atoms with van der Waals surface area (Å²) < 4.78 is 76.0. The summed E-state index contributed by atoms with van der Waals surface area (Å²) in [5.74, 6) is -7.24. The molecule has 0 spiro atoms. The molecule has 1 amide bonds. The minimum absolute atomic E-state index is 0.0173. The Morgan fingerprint density at radius 1 is 0.805 bits per heavy atom. The van der Waals surface area contributed by atoms with Crippen molar-refractivity contribution in [1.29, 1.82) is 0 Å². The highest BCUT2D eigenvalue weighted by atomic mass is 16.7. The fourth-order valence-corrected chi connectivity index (χ4v) is 11.8. The number of ketones is 1. The van der Waals surface area contributed by atoms with Crippen molar-refractivity contribution in [1.82, 2.24) is 9.80 Å². The van der Waals surface area contributed by atoms with Crippen LogP contribution in [0.1, 0.15) is 116 Å². The number of rotatable bonds is 15. The molecule has 22 nitrogen and oxygen atoms in total. The average Bonchev–Trinajstić information content (AvgIpc) is 3.49. The van der Waals surface area contributed by atoms with E-state index in [1.54, 1.807) is 34.6 Å². The van der Waals surface area contributed by atoms with Crippen LogP contribution in [-0.2, 0) is 76.1 Å². The van der Waals surface area contributed by atoms with E-state index < -0.39 is 145 Å². The molecular formula is C55H95N3O19. The van der Waals surface area contributed by atoms with E-state index in [0.29, 0.717) is 18.7 Å². The normalized spacial score (nSPS) is 41.5. The summed E-state index contributed by atoms with van der Waals surface area (Å²) >= 11 is 0. The summed E-state index contributed by atoms with van der Waals surface area (Å²) in [5.41, 5.74) is -1.62. The van der Waals surface area contributed by atoms with Crippen molar-refractivity contribution in [2.24, 2.45) is 46.6 Å². The molecule has 77 heavy (non-hydrogen) atoms. The number of ether oxygens (including phenoxy) is 12. The number of carbonyl (C=O) groups is 4. The molecule has 0 aromatic rings. The van der Waals surface area contributed by atoms with Gasteiger partial charge in [-0.15, -0.1) is 0 Å². The molecule has 5 heterocycles. The van der Waals surface area contributed by atoms with E-state index in [9.17, 15) is 19.8 Å². The molecule has 5 saturated heterocycles. The fraction of sp³-hybridized carbons (Fsp3) is 0.909. The number of likely N-dealkylation sites (N-methyl/N-ethyl adjacent to an activating group) is 1. The highest BCUT2D eigenvalue weighted by Crippen LogP contribution is 2.41. The lowest BCUT2D eigenvalue weighted by Crippen LogP contribution is -2.59. The molecule has 0 radical (unpaired) electrons.